The Morgan fingerprint density at radius 1 is 1.37 bits per heavy atom. The van der Waals surface area contributed by atoms with Gasteiger partial charge < -0.3 is 10.1 Å². The van der Waals surface area contributed by atoms with Crippen molar-refractivity contribution >= 4 is 6.09 Å². The first kappa shape index (κ1) is 15.2. The lowest BCUT2D eigenvalue weighted by Crippen LogP contribution is -2.40. The van der Waals surface area contributed by atoms with E-state index >= 15 is 0 Å². The van der Waals surface area contributed by atoms with Gasteiger partial charge in [-0.25, -0.2) is 9.18 Å². The molecule has 19 heavy (non-hydrogen) atoms. The summed E-state index contributed by atoms with van der Waals surface area (Å²) in [5.74, 6) is 0. The van der Waals surface area contributed by atoms with Crippen LogP contribution in [0.1, 0.15) is 32.5 Å². The monoisotopic (exact) mass is 265 g/mol. The van der Waals surface area contributed by atoms with Crippen molar-refractivity contribution in [2.45, 2.75) is 38.6 Å². The van der Waals surface area contributed by atoms with Crippen molar-refractivity contribution < 1.29 is 13.9 Å². The van der Waals surface area contributed by atoms with Gasteiger partial charge in [0.1, 0.15) is 11.8 Å². The smallest absolute Gasteiger partial charge is 0.408 e. The zero-order chi connectivity index (χ0) is 14.5. The number of carbonyl (C=O) groups is 1. The Balaban J connectivity index is 2.68. The highest BCUT2D eigenvalue weighted by Crippen LogP contribution is 2.22. The van der Waals surface area contributed by atoms with E-state index in [1.807, 2.05) is 0 Å². The molecule has 0 heterocycles. The first-order valence-corrected chi connectivity index (χ1v) is 6.14. The lowest BCUT2D eigenvalue weighted by Gasteiger charge is -2.24. The first-order chi connectivity index (χ1) is 8.83. The molecule has 0 saturated heterocycles. The number of carbonyl (C=O) groups excluding carboxylic acids is 1. The van der Waals surface area contributed by atoms with Crippen molar-refractivity contribution in [1.82, 2.24) is 5.32 Å². The fraction of sp³-hybridized carbons (Fsp3) is 0.400. The molecule has 0 aromatic heterocycles. The highest BCUT2D eigenvalue weighted by Gasteiger charge is 2.24. The van der Waals surface area contributed by atoms with Gasteiger partial charge in [0.15, 0.2) is 0 Å². The molecule has 1 amide bonds. The summed E-state index contributed by atoms with van der Waals surface area (Å²) in [6.07, 6.45) is -0.649. The first-order valence-electron chi connectivity index (χ1n) is 6.14. The van der Waals surface area contributed by atoms with E-state index in [0.717, 1.165) is 0 Å². The molecule has 0 radical (unpaired) electrons. The fourth-order valence-corrected chi connectivity index (χ4v) is 1.54. The van der Waals surface area contributed by atoms with Crippen LogP contribution in [0, 0.1) is 0 Å². The number of benzene rings is 1. The third-order valence-corrected chi connectivity index (χ3v) is 2.37. The van der Waals surface area contributed by atoms with E-state index in [4.69, 9.17) is 4.74 Å². The summed E-state index contributed by atoms with van der Waals surface area (Å²) in [5.41, 5.74) is -0.127. The van der Waals surface area contributed by atoms with Crippen LogP contribution in [0.15, 0.2) is 43.0 Å². The van der Waals surface area contributed by atoms with E-state index in [9.17, 15) is 9.18 Å². The van der Waals surface area contributed by atoms with Crippen LogP contribution in [0.2, 0.25) is 0 Å². The van der Waals surface area contributed by atoms with Crippen molar-refractivity contribution in [3.8, 4) is 0 Å². The maximum Gasteiger partial charge on any atom is 0.408 e. The minimum atomic E-state index is -1.36. The van der Waals surface area contributed by atoms with Crippen LogP contribution >= 0.6 is 0 Å². The molecule has 3 nitrogen and oxygen atoms in total. The summed E-state index contributed by atoms with van der Waals surface area (Å²) in [4.78, 5) is 11.6. The average Bonchev–Trinajstić information content (AvgIpc) is 2.34. The molecule has 0 aliphatic carbocycles. The van der Waals surface area contributed by atoms with Gasteiger partial charge in [0.2, 0.25) is 0 Å². The molecular weight excluding hydrogens is 245 g/mol. The van der Waals surface area contributed by atoms with Gasteiger partial charge in [-0.1, -0.05) is 36.4 Å². The lowest BCUT2D eigenvalue weighted by atomic mass is 10.0. The summed E-state index contributed by atoms with van der Waals surface area (Å²) in [5, 5.41) is 2.47. The molecule has 0 bridgehead atoms. The van der Waals surface area contributed by atoms with Crippen molar-refractivity contribution in [2.24, 2.45) is 0 Å². The van der Waals surface area contributed by atoms with Gasteiger partial charge >= 0.3 is 6.09 Å². The Morgan fingerprint density at radius 2 is 1.95 bits per heavy atom. The second kappa shape index (κ2) is 6.36. The molecule has 1 aromatic rings. The number of halogens is 1. The maximum atomic E-state index is 14.3. The molecule has 1 aromatic carbocycles. The largest absolute Gasteiger partial charge is 0.444 e. The molecule has 0 fully saturated rings. The molecule has 4 heteroatoms. The van der Waals surface area contributed by atoms with Crippen molar-refractivity contribution in [2.75, 3.05) is 0 Å². The number of rotatable bonds is 4. The van der Waals surface area contributed by atoms with Gasteiger partial charge in [-0.3, -0.25) is 0 Å². The standard InChI is InChI=1S/C15H20FNO2/c1-5-12(17-14(18)19-15(2,3)4)13(16)11-9-7-6-8-10-11/h5-10,12-13H,1H2,2-4H3,(H,17,18). The molecule has 1 rings (SSSR count). The van der Waals surface area contributed by atoms with Crippen LogP contribution in [0.3, 0.4) is 0 Å². The normalized spacial score (nSPS) is 14.3. The topological polar surface area (TPSA) is 38.3 Å². The molecule has 2 atom stereocenters. The summed E-state index contributed by atoms with van der Waals surface area (Å²) in [7, 11) is 0. The van der Waals surface area contributed by atoms with E-state index < -0.39 is 23.9 Å². The summed E-state index contributed by atoms with van der Waals surface area (Å²) < 4.78 is 19.3. The van der Waals surface area contributed by atoms with Gasteiger partial charge in [0.25, 0.3) is 0 Å². The van der Waals surface area contributed by atoms with Crippen molar-refractivity contribution in [1.29, 1.82) is 0 Å². The minimum Gasteiger partial charge on any atom is -0.444 e. The Hall–Kier alpha value is -1.84. The van der Waals surface area contributed by atoms with Gasteiger partial charge in [0, 0.05) is 0 Å². The molecule has 0 aliphatic rings. The van der Waals surface area contributed by atoms with Gasteiger partial charge in [-0.05, 0) is 26.3 Å². The number of nitrogens with one attached hydrogen (secondary N) is 1. The number of hydrogen-bond donors (Lipinski definition) is 1. The van der Waals surface area contributed by atoms with Crippen LogP contribution in [-0.2, 0) is 4.74 Å². The number of alkyl halides is 1. The molecule has 2 unspecified atom stereocenters. The Morgan fingerprint density at radius 3 is 2.42 bits per heavy atom. The number of hydrogen-bond acceptors (Lipinski definition) is 2. The highest BCUT2D eigenvalue weighted by atomic mass is 19.1. The van der Waals surface area contributed by atoms with Crippen molar-refractivity contribution in [3.05, 3.63) is 48.6 Å². The van der Waals surface area contributed by atoms with E-state index in [1.54, 1.807) is 51.1 Å². The molecular formula is C15H20FNO2. The molecule has 0 spiro atoms. The summed E-state index contributed by atoms with van der Waals surface area (Å²) >= 11 is 0. The molecule has 0 aliphatic heterocycles. The second-order valence-electron chi connectivity index (χ2n) is 5.22. The summed E-state index contributed by atoms with van der Waals surface area (Å²) in [6, 6.07) is 7.80. The minimum absolute atomic E-state index is 0.489. The number of amides is 1. The molecule has 0 saturated carbocycles. The third kappa shape index (κ3) is 5.12. The number of alkyl carbamates (subject to hydrolysis) is 1. The van der Waals surface area contributed by atoms with Crippen LogP contribution in [0.25, 0.3) is 0 Å². The lowest BCUT2D eigenvalue weighted by molar-refractivity contribution is 0.0491. The Bertz CT molecular complexity index is 426. The van der Waals surface area contributed by atoms with Gasteiger partial charge in [-0.15, -0.1) is 6.58 Å². The Labute approximate surface area is 113 Å². The van der Waals surface area contributed by atoms with Crippen LogP contribution in [0.5, 0.6) is 0 Å². The zero-order valence-corrected chi connectivity index (χ0v) is 11.5. The van der Waals surface area contributed by atoms with Crippen molar-refractivity contribution in [3.63, 3.8) is 0 Å². The quantitative estimate of drug-likeness (QED) is 0.841. The predicted octanol–water partition coefficient (Wildman–Crippen LogP) is 3.78. The van der Waals surface area contributed by atoms with Crippen LogP contribution in [-0.4, -0.2) is 17.7 Å². The average molecular weight is 265 g/mol. The third-order valence-electron chi connectivity index (χ3n) is 2.37. The maximum absolute atomic E-state index is 14.3. The second-order valence-corrected chi connectivity index (χ2v) is 5.22. The summed E-state index contributed by atoms with van der Waals surface area (Å²) in [6.45, 7) is 8.80. The zero-order valence-electron chi connectivity index (χ0n) is 11.5. The van der Waals surface area contributed by atoms with E-state index in [0.29, 0.717) is 5.56 Å². The van der Waals surface area contributed by atoms with Crippen LogP contribution in [0.4, 0.5) is 9.18 Å². The van der Waals surface area contributed by atoms with E-state index in [2.05, 4.69) is 11.9 Å². The van der Waals surface area contributed by atoms with Crippen LogP contribution < -0.4 is 5.32 Å². The van der Waals surface area contributed by atoms with E-state index in [1.165, 1.54) is 6.08 Å². The number of ether oxygens (including phenoxy) is 1. The van der Waals surface area contributed by atoms with E-state index in [-0.39, 0.29) is 0 Å². The molecule has 1 N–H and O–H groups in total. The Kier molecular flexibility index (Phi) is 5.10. The highest BCUT2D eigenvalue weighted by molar-refractivity contribution is 5.68. The molecule has 104 valence electrons. The predicted molar refractivity (Wildman–Crippen MR) is 73.6 cm³/mol. The van der Waals surface area contributed by atoms with Gasteiger partial charge in [0.05, 0.1) is 6.04 Å². The van der Waals surface area contributed by atoms with Gasteiger partial charge in [-0.2, -0.15) is 0 Å². The SMILES string of the molecule is C=CC(NC(=O)OC(C)(C)C)C(F)c1ccccc1. The fourth-order valence-electron chi connectivity index (χ4n) is 1.54.